The minimum Gasteiger partial charge on any atom is -0.326 e. The molecule has 0 spiro atoms. The highest BCUT2D eigenvalue weighted by atomic mass is 35.5. The van der Waals surface area contributed by atoms with Gasteiger partial charge < -0.3 is 10.2 Å². The van der Waals surface area contributed by atoms with Gasteiger partial charge in [-0.1, -0.05) is 29.8 Å². The van der Waals surface area contributed by atoms with E-state index in [4.69, 9.17) is 11.6 Å². The Morgan fingerprint density at radius 1 is 1.08 bits per heavy atom. The van der Waals surface area contributed by atoms with Crippen molar-refractivity contribution in [2.24, 2.45) is 0 Å². The van der Waals surface area contributed by atoms with Gasteiger partial charge in [0.15, 0.2) is 0 Å². The van der Waals surface area contributed by atoms with Gasteiger partial charge in [-0.2, -0.15) is 0 Å². The van der Waals surface area contributed by atoms with Crippen molar-refractivity contribution in [1.82, 2.24) is 4.90 Å². The number of nitro groups is 1. The van der Waals surface area contributed by atoms with E-state index in [9.17, 15) is 29.3 Å². The summed E-state index contributed by atoms with van der Waals surface area (Å²) in [5.74, 6) is -1.95. The third kappa shape index (κ3) is 5.87. The summed E-state index contributed by atoms with van der Waals surface area (Å²) in [6, 6.07) is 17.4. The molecule has 4 amide bonds. The number of carbonyl (C=O) groups is 4. The summed E-state index contributed by atoms with van der Waals surface area (Å²) in [4.78, 5) is 64.3. The minimum absolute atomic E-state index is 0.0312. The Morgan fingerprint density at radius 2 is 1.79 bits per heavy atom. The van der Waals surface area contributed by atoms with E-state index in [2.05, 4.69) is 5.32 Å². The number of carbonyl (C=O) groups excluding carboxylic acids is 4. The molecule has 1 saturated heterocycles. The van der Waals surface area contributed by atoms with Crippen LogP contribution in [0.3, 0.4) is 0 Å². The molecule has 0 aromatic heterocycles. The van der Waals surface area contributed by atoms with E-state index in [0.29, 0.717) is 22.8 Å². The Kier molecular flexibility index (Phi) is 7.82. The van der Waals surface area contributed by atoms with Crippen LogP contribution >= 0.6 is 11.6 Å². The Morgan fingerprint density at radius 3 is 2.45 bits per heavy atom. The van der Waals surface area contributed by atoms with Crippen molar-refractivity contribution in [3.63, 3.8) is 0 Å². The zero-order chi connectivity index (χ0) is 27.4. The number of non-ortho nitro benzene ring substituents is 1. The van der Waals surface area contributed by atoms with Crippen molar-refractivity contribution in [3.05, 3.63) is 99.1 Å². The van der Waals surface area contributed by atoms with E-state index >= 15 is 0 Å². The van der Waals surface area contributed by atoms with Crippen LogP contribution in [-0.2, 0) is 20.8 Å². The average Bonchev–Trinajstić information content (AvgIpc) is 3.17. The number of halogens is 1. The fourth-order valence-corrected chi connectivity index (χ4v) is 4.50. The number of rotatable bonds is 8. The van der Waals surface area contributed by atoms with Gasteiger partial charge in [-0.25, -0.2) is 4.90 Å². The van der Waals surface area contributed by atoms with Gasteiger partial charge >= 0.3 is 0 Å². The Bertz CT molecular complexity index is 1430. The van der Waals surface area contributed by atoms with Gasteiger partial charge in [-0.15, -0.1) is 0 Å². The van der Waals surface area contributed by atoms with Crippen LogP contribution in [0.1, 0.15) is 29.3 Å². The van der Waals surface area contributed by atoms with E-state index in [1.165, 1.54) is 42.2 Å². The molecule has 1 heterocycles. The van der Waals surface area contributed by atoms with E-state index in [0.717, 1.165) is 16.5 Å². The van der Waals surface area contributed by atoms with Crippen LogP contribution in [0.25, 0.3) is 0 Å². The second-order valence-corrected chi connectivity index (χ2v) is 9.14. The molecule has 1 fully saturated rings. The van der Waals surface area contributed by atoms with Crippen LogP contribution in [0.5, 0.6) is 0 Å². The van der Waals surface area contributed by atoms with Crippen LogP contribution < -0.4 is 10.2 Å². The Labute approximate surface area is 222 Å². The average molecular weight is 535 g/mol. The van der Waals surface area contributed by atoms with Gasteiger partial charge in [0.05, 0.1) is 17.0 Å². The first-order valence-electron chi connectivity index (χ1n) is 11.7. The summed E-state index contributed by atoms with van der Waals surface area (Å²) in [5, 5.41) is 14.4. The largest absolute Gasteiger partial charge is 0.326 e. The van der Waals surface area contributed by atoms with E-state index in [1.807, 2.05) is 6.07 Å². The van der Waals surface area contributed by atoms with Crippen LogP contribution in [0, 0.1) is 10.1 Å². The highest BCUT2D eigenvalue weighted by Gasteiger charge is 2.44. The molecule has 1 aliphatic rings. The quantitative estimate of drug-likeness (QED) is 0.261. The fraction of sp³-hybridized carbons (Fsp3) is 0.185. The highest BCUT2D eigenvalue weighted by Crippen LogP contribution is 2.28. The van der Waals surface area contributed by atoms with Crippen LogP contribution in [0.2, 0.25) is 5.02 Å². The Balaban J connectivity index is 1.64. The zero-order valence-electron chi connectivity index (χ0n) is 20.3. The number of hydrogen-bond donors (Lipinski definition) is 1. The minimum atomic E-state index is -1.11. The molecule has 10 nitrogen and oxygen atoms in total. The van der Waals surface area contributed by atoms with Crippen molar-refractivity contribution < 1.29 is 24.1 Å². The lowest BCUT2D eigenvalue weighted by molar-refractivity contribution is -0.384. The normalized spacial score (nSPS) is 14.9. The van der Waals surface area contributed by atoms with Crippen LogP contribution in [-0.4, -0.2) is 46.0 Å². The second kappa shape index (κ2) is 11.2. The number of nitrogens with zero attached hydrogens (tertiary/aromatic N) is 3. The maximum atomic E-state index is 13.6. The van der Waals surface area contributed by atoms with Gasteiger partial charge in [-0.3, -0.25) is 29.3 Å². The number of hydrogen-bond acceptors (Lipinski definition) is 6. The van der Waals surface area contributed by atoms with E-state index in [1.54, 1.807) is 30.3 Å². The molecule has 3 aromatic rings. The van der Waals surface area contributed by atoms with Crippen molar-refractivity contribution in [2.45, 2.75) is 25.8 Å². The maximum Gasteiger partial charge on any atom is 0.270 e. The first-order valence-corrected chi connectivity index (χ1v) is 12.1. The molecule has 3 aromatic carbocycles. The molecular weight excluding hydrogens is 512 g/mol. The molecule has 0 aliphatic carbocycles. The summed E-state index contributed by atoms with van der Waals surface area (Å²) in [7, 11) is 0. The van der Waals surface area contributed by atoms with Gasteiger partial charge in [-0.05, 0) is 54.4 Å². The van der Waals surface area contributed by atoms with E-state index in [-0.39, 0.29) is 30.1 Å². The summed E-state index contributed by atoms with van der Waals surface area (Å²) in [6.07, 6.45) is 0.0904. The molecule has 0 radical (unpaired) electrons. The lowest BCUT2D eigenvalue weighted by Gasteiger charge is -2.28. The SMILES string of the molecule is CC(=O)Nc1ccc(N2C(=O)CC(N(CCc3cccc(Cl)c3)C(=O)c3cccc([N+](=O)[O-])c3)C2=O)cc1. The maximum absolute atomic E-state index is 13.6. The second-order valence-electron chi connectivity index (χ2n) is 8.70. The summed E-state index contributed by atoms with van der Waals surface area (Å²) >= 11 is 6.09. The highest BCUT2D eigenvalue weighted by molar-refractivity contribution is 6.30. The molecule has 0 saturated carbocycles. The predicted octanol–water partition coefficient (Wildman–Crippen LogP) is 4.22. The third-order valence-electron chi connectivity index (χ3n) is 6.04. The van der Waals surface area contributed by atoms with Crippen molar-refractivity contribution in [3.8, 4) is 0 Å². The zero-order valence-corrected chi connectivity index (χ0v) is 21.1. The number of amides is 4. The summed E-state index contributed by atoms with van der Waals surface area (Å²) in [6.45, 7) is 1.43. The lowest BCUT2D eigenvalue weighted by Crippen LogP contribution is -2.46. The first kappa shape index (κ1) is 26.5. The van der Waals surface area contributed by atoms with Gasteiger partial charge in [0.2, 0.25) is 11.8 Å². The summed E-state index contributed by atoms with van der Waals surface area (Å²) in [5.41, 5.74) is 1.38. The van der Waals surface area contributed by atoms with Crippen molar-refractivity contribution in [1.29, 1.82) is 0 Å². The van der Waals surface area contributed by atoms with Crippen molar-refractivity contribution >= 4 is 52.3 Å². The fourth-order valence-electron chi connectivity index (χ4n) is 4.29. The number of nitrogens with one attached hydrogen (secondary N) is 1. The molecule has 11 heteroatoms. The van der Waals surface area contributed by atoms with Gasteiger partial charge in [0, 0.05) is 41.9 Å². The number of imide groups is 1. The first-order chi connectivity index (χ1) is 18.1. The Hall–Kier alpha value is -4.57. The molecule has 1 atom stereocenters. The van der Waals surface area contributed by atoms with Gasteiger partial charge in [0.25, 0.3) is 17.5 Å². The topological polar surface area (TPSA) is 130 Å². The number of benzene rings is 3. The molecule has 38 heavy (non-hydrogen) atoms. The number of nitro benzene ring substituents is 1. The molecule has 1 aliphatic heterocycles. The lowest BCUT2D eigenvalue weighted by atomic mass is 10.1. The van der Waals surface area contributed by atoms with Crippen LogP contribution in [0.15, 0.2) is 72.8 Å². The summed E-state index contributed by atoms with van der Waals surface area (Å²) < 4.78 is 0. The molecule has 1 unspecified atom stereocenters. The molecule has 4 rings (SSSR count). The van der Waals surface area contributed by atoms with Crippen LogP contribution in [0.4, 0.5) is 17.1 Å². The molecule has 0 bridgehead atoms. The number of anilines is 2. The standard InChI is InChI=1S/C27H23ClN4O6/c1-17(33)29-21-8-10-22(11-9-21)31-25(34)16-24(27(31)36)30(13-12-18-4-2-6-20(28)14-18)26(35)19-5-3-7-23(15-19)32(37)38/h2-11,14-15,24H,12-13,16H2,1H3,(H,29,33). The van der Waals surface area contributed by atoms with Crippen molar-refractivity contribution in [2.75, 3.05) is 16.8 Å². The molecular formula is C27H23ClN4O6. The monoisotopic (exact) mass is 534 g/mol. The molecule has 194 valence electrons. The molecule has 1 N–H and O–H groups in total. The smallest absolute Gasteiger partial charge is 0.270 e. The third-order valence-corrected chi connectivity index (χ3v) is 6.28. The van der Waals surface area contributed by atoms with Gasteiger partial charge in [0.1, 0.15) is 6.04 Å². The predicted molar refractivity (Wildman–Crippen MR) is 141 cm³/mol. The van der Waals surface area contributed by atoms with E-state index < -0.39 is 28.7 Å².